The Morgan fingerprint density at radius 2 is 2.12 bits per heavy atom. The second kappa shape index (κ2) is 3.92. The smallest absolute Gasteiger partial charge is 0.408 e. The van der Waals surface area contributed by atoms with E-state index in [4.69, 9.17) is 18.9 Å². The van der Waals surface area contributed by atoms with Gasteiger partial charge in [-0.25, -0.2) is 0 Å². The normalized spacial score (nSPS) is 17.1. The standard InChI is InChI=1S/C11H12O5/c1-6-8(13-3)4-5-9-10(6)16-11(15-9)14-7(2)12/h4-5,11H,1-3H3. The predicted octanol–water partition coefficient (Wildman–Crippen LogP) is 1.62. The zero-order valence-electron chi connectivity index (χ0n) is 9.27. The van der Waals surface area contributed by atoms with E-state index < -0.39 is 12.4 Å². The fraction of sp³-hybridized carbons (Fsp3) is 0.364. The van der Waals surface area contributed by atoms with Gasteiger partial charge in [-0.3, -0.25) is 4.79 Å². The van der Waals surface area contributed by atoms with Gasteiger partial charge in [0.1, 0.15) is 5.75 Å². The highest BCUT2D eigenvalue weighted by molar-refractivity contribution is 5.66. The first-order chi connectivity index (χ1) is 7.61. The topological polar surface area (TPSA) is 54.0 Å². The van der Waals surface area contributed by atoms with Crippen molar-refractivity contribution in [3.05, 3.63) is 17.7 Å². The molecule has 0 spiro atoms. The van der Waals surface area contributed by atoms with E-state index in [2.05, 4.69) is 0 Å². The number of rotatable bonds is 2. The summed E-state index contributed by atoms with van der Waals surface area (Å²) >= 11 is 0. The van der Waals surface area contributed by atoms with E-state index in [0.29, 0.717) is 17.2 Å². The molecule has 1 unspecified atom stereocenters. The summed E-state index contributed by atoms with van der Waals surface area (Å²) in [5.41, 5.74) is 0.814. The molecule has 86 valence electrons. The highest BCUT2D eigenvalue weighted by Gasteiger charge is 2.29. The lowest BCUT2D eigenvalue weighted by Crippen LogP contribution is -2.24. The number of hydrogen-bond donors (Lipinski definition) is 0. The van der Waals surface area contributed by atoms with E-state index in [1.165, 1.54) is 6.92 Å². The second-order valence-electron chi connectivity index (χ2n) is 3.35. The van der Waals surface area contributed by atoms with Crippen LogP contribution in [0.4, 0.5) is 0 Å². The molecule has 1 aliphatic heterocycles. The Kier molecular flexibility index (Phi) is 2.60. The first-order valence-corrected chi connectivity index (χ1v) is 4.80. The minimum atomic E-state index is -1.00. The highest BCUT2D eigenvalue weighted by Crippen LogP contribution is 2.41. The van der Waals surface area contributed by atoms with Crippen molar-refractivity contribution in [1.29, 1.82) is 0 Å². The van der Waals surface area contributed by atoms with Crippen LogP contribution in [-0.4, -0.2) is 19.6 Å². The third-order valence-corrected chi connectivity index (χ3v) is 2.24. The van der Waals surface area contributed by atoms with Crippen LogP contribution in [0.2, 0.25) is 0 Å². The molecule has 0 fully saturated rings. The molecule has 5 heteroatoms. The Bertz CT molecular complexity index is 427. The maximum Gasteiger partial charge on any atom is 0.408 e. The van der Waals surface area contributed by atoms with Gasteiger partial charge >= 0.3 is 12.4 Å². The molecular formula is C11H12O5. The lowest BCUT2D eigenvalue weighted by molar-refractivity contribution is -0.192. The Balaban J connectivity index is 2.24. The zero-order chi connectivity index (χ0) is 11.7. The lowest BCUT2D eigenvalue weighted by atomic mass is 10.2. The average molecular weight is 224 g/mol. The van der Waals surface area contributed by atoms with Gasteiger partial charge in [0.2, 0.25) is 0 Å². The second-order valence-corrected chi connectivity index (χ2v) is 3.35. The molecule has 5 nitrogen and oxygen atoms in total. The Labute approximate surface area is 92.9 Å². The third kappa shape index (κ3) is 1.76. The van der Waals surface area contributed by atoms with E-state index in [0.717, 1.165) is 5.56 Å². The number of carbonyl (C=O) groups excluding carboxylic acids is 1. The fourth-order valence-electron chi connectivity index (χ4n) is 1.52. The minimum Gasteiger partial charge on any atom is -0.496 e. The van der Waals surface area contributed by atoms with Crippen molar-refractivity contribution in [2.45, 2.75) is 20.3 Å². The molecule has 0 radical (unpaired) electrons. The molecular weight excluding hydrogens is 212 g/mol. The van der Waals surface area contributed by atoms with Crippen LogP contribution in [0, 0.1) is 6.92 Å². The van der Waals surface area contributed by atoms with Crippen LogP contribution in [0.3, 0.4) is 0 Å². The Morgan fingerprint density at radius 1 is 1.38 bits per heavy atom. The van der Waals surface area contributed by atoms with Gasteiger partial charge in [0.15, 0.2) is 11.5 Å². The van der Waals surface area contributed by atoms with E-state index >= 15 is 0 Å². The number of hydrogen-bond acceptors (Lipinski definition) is 5. The van der Waals surface area contributed by atoms with Gasteiger partial charge in [0.05, 0.1) is 7.11 Å². The number of esters is 1. The van der Waals surface area contributed by atoms with Crippen LogP contribution in [0.1, 0.15) is 12.5 Å². The monoisotopic (exact) mass is 224 g/mol. The van der Waals surface area contributed by atoms with Crippen molar-refractivity contribution in [2.75, 3.05) is 7.11 Å². The maximum absolute atomic E-state index is 10.8. The first-order valence-electron chi connectivity index (χ1n) is 4.80. The van der Waals surface area contributed by atoms with Crippen molar-refractivity contribution in [3.63, 3.8) is 0 Å². The average Bonchev–Trinajstić information content (AvgIpc) is 2.61. The van der Waals surface area contributed by atoms with Gasteiger partial charge in [-0.15, -0.1) is 0 Å². The summed E-state index contributed by atoms with van der Waals surface area (Å²) in [6.07, 6.45) is 0. The van der Waals surface area contributed by atoms with Crippen LogP contribution >= 0.6 is 0 Å². The molecule has 0 aromatic heterocycles. The molecule has 1 atom stereocenters. The van der Waals surface area contributed by atoms with Crippen LogP contribution in [-0.2, 0) is 9.53 Å². The van der Waals surface area contributed by atoms with Gasteiger partial charge in [-0.05, 0) is 19.1 Å². The molecule has 16 heavy (non-hydrogen) atoms. The zero-order valence-corrected chi connectivity index (χ0v) is 9.27. The molecule has 0 N–H and O–H groups in total. The molecule has 0 saturated heterocycles. The fourth-order valence-corrected chi connectivity index (χ4v) is 1.52. The summed E-state index contributed by atoms with van der Waals surface area (Å²) in [4.78, 5) is 10.8. The summed E-state index contributed by atoms with van der Waals surface area (Å²) in [5, 5.41) is 0. The van der Waals surface area contributed by atoms with Crippen molar-refractivity contribution in [3.8, 4) is 17.2 Å². The molecule has 1 aromatic rings. The molecule has 0 amide bonds. The van der Waals surface area contributed by atoms with Crippen molar-refractivity contribution in [2.24, 2.45) is 0 Å². The quantitative estimate of drug-likeness (QED) is 0.714. The first kappa shape index (κ1) is 10.6. The van der Waals surface area contributed by atoms with Gasteiger partial charge in [-0.1, -0.05) is 0 Å². The molecule has 0 aliphatic carbocycles. The lowest BCUT2D eigenvalue weighted by Gasteiger charge is -2.09. The molecule has 0 bridgehead atoms. The van der Waals surface area contributed by atoms with Crippen molar-refractivity contribution < 1.29 is 23.7 Å². The van der Waals surface area contributed by atoms with E-state index in [1.54, 1.807) is 19.2 Å². The highest BCUT2D eigenvalue weighted by atomic mass is 16.9. The van der Waals surface area contributed by atoms with Gasteiger partial charge in [0, 0.05) is 12.5 Å². The SMILES string of the molecule is COc1ccc2c(c1C)OC(OC(C)=O)O2. The number of fused-ring (bicyclic) bond motifs is 1. The van der Waals surface area contributed by atoms with Crippen LogP contribution in [0.25, 0.3) is 0 Å². The van der Waals surface area contributed by atoms with Gasteiger partial charge in [-0.2, -0.15) is 0 Å². The summed E-state index contributed by atoms with van der Waals surface area (Å²) < 4.78 is 20.6. The minimum absolute atomic E-state index is 0.456. The Hall–Kier alpha value is -1.91. The van der Waals surface area contributed by atoms with Crippen molar-refractivity contribution >= 4 is 5.97 Å². The Morgan fingerprint density at radius 3 is 2.75 bits per heavy atom. The molecule has 2 rings (SSSR count). The van der Waals surface area contributed by atoms with Crippen LogP contribution < -0.4 is 14.2 Å². The summed E-state index contributed by atoms with van der Waals surface area (Å²) in [7, 11) is 1.58. The largest absolute Gasteiger partial charge is 0.496 e. The summed E-state index contributed by atoms with van der Waals surface area (Å²) in [5.74, 6) is 1.34. The van der Waals surface area contributed by atoms with E-state index in [9.17, 15) is 4.79 Å². The number of carbonyl (C=O) groups is 1. The van der Waals surface area contributed by atoms with E-state index in [1.807, 2.05) is 6.92 Å². The molecule has 1 aliphatic rings. The number of methoxy groups -OCH3 is 1. The summed E-state index contributed by atoms with van der Waals surface area (Å²) in [6.45, 7) is 2.14. The molecule has 1 heterocycles. The van der Waals surface area contributed by atoms with Crippen LogP contribution in [0.15, 0.2) is 12.1 Å². The number of ether oxygens (including phenoxy) is 4. The predicted molar refractivity (Wildman–Crippen MR) is 54.5 cm³/mol. The summed E-state index contributed by atoms with van der Waals surface area (Å²) in [6, 6.07) is 3.48. The van der Waals surface area contributed by atoms with Gasteiger partial charge < -0.3 is 18.9 Å². The molecule has 0 saturated carbocycles. The van der Waals surface area contributed by atoms with E-state index in [-0.39, 0.29) is 0 Å². The van der Waals surface area contributed by atoms with Crippen molar-refractivity contribution in [1.82, 2.24) is 0 Å². The maximum atomic E-state index is 10.8. The number of benzene rings is 1. The molecule has 1 aromatic carbocycles. The van der Waals surface area contributed by atoms with Crippen LogP contribution in [0.5, 0.6) is 17.2 Å². The van der Waals surface area contributed by atoms with Gasteiger partial charge in [0.25, 0.3) is 0 Å². The third-order valence-electron chi connectivity index (χ3n) is 2.24.